The smallest absolute Gasteiger partial charge is 0.339 e. The van der Waals surface area contributed by atoms with Crippen molar-refractivity contribution in [2.45, 2.75) is 115 Å². The lowest BCUT2D eigenvalue weighted by atomic mass is 9.87. The molecular weight excluding hydrogens is 376 g/mol. The zero-order valence-electron chi connectivity index (χ0n) is 18.8. The summed E-state index contributed by atoms with van der Waals surface area (Å²) < 4.78 is 5.63. The molecule has 0 saturated carbocycles. The summed E-state index contributed by atoms with van der Waals surface area (Å²) in [5.41, 5.74) is 2.16. The van der Waals surface area contributed by atoms with Gasteiger partial charge >= 0.3 is 5.97 Å². The Morgan fingerprint density at radius 3 is 2.03 bits per heavy atom. The average molecular weight is 419 g/mol. The largest absolute Gasteiger partial charge is 0.448 e. The van der Waals surface area contributed by atoms with E-state index in [-0.39, 0.29) is 11.4 Å². The van der Waals surface area contributed by atoms with Crippen molar-refractivity contribution in [3.63, 3.8) is 0 Å². The first kappa shape index (κ1) is 24.3. The summed E-state index contributed by atoms with van der Waals surface area (Å²) in [7, 11) is 0. The number of unbranched alkanes of at least 4 members (excludes halogenated alkanes) is 8. The molecule has 164 valence electrons. The number of carbonyl (C=O) groups is 1. The lowest BCUT2D eigenvalue weighted by molar-refractivity contribution is 0.0457. The van der Waals surface area contributed by atoms with E-state index in [0.29, 0.717) is 11.5 Å². The van der Waals surface area contributed by atoms with E-state index in [9.17, 15) is 4.79 Å². The number of thioether (sulfide) groups is 1. The normalized spacial score (nSPS) is 16.4. The number of hydrogen-bond donors (Lipinski definition) is 0. The molecule has 1 atom stereocenters. The van der Waals surface area contributed by atoms with Gasteiger partial charge in [0.05, 0.1) is 5.56 Å². The SMILES string of the molecule is CCCCCCCC(CCCCCCC)c1ccc(C(=O)OC2CCCS2)cc1. The molecule has 1 aliphatic rings. The van der Waals surface area contributed by atoms with Crippen LogP contribution in [0.1, 0.15) is 126 Å². The van der Waals surface area contributed by atoms with Gasteiger partial charge in [0.1, 0.15) is 5.44 Å². The van der Waals surface area contributed by atoms with E-state index in [1.54, 1.807) is 11.8 Å². The Morgan fingerprint density at radius 2 is 1.52 bits per heavy atom. The van der Waals surface area contributed by atoms with Gasteiger partial charge in [0.15, 0.2) is 0 Å². The van der Waals surface area contributed by atoms with Crippen LogP contribution in [0, 0.1) is 0 Å². The molecule has 0 aliphatic carbocycles. The quantitative estimate of drug-likeness (QED) is 0.211. The Balaban J connectivity index is 1.87. The van der Waals surface area contributed by atoms with E-state index in [2.05, 4.69) is 26.0 Å². The fourth-order valence-corrected chi connectivity index (χ4v) is 5.27. The first-order valence-corrected chi connectivity index (χ1v) is 13.2. The number of benzene rings is 1. The maximum atomic E-state index is 12.4. The zero-order chi connectivity index (χ0) is 20.7. The van der Waals surface area contributed by atoms with Crippen molar-refractivity contribution in [2.75, 3.05) is 5.75 Å². The van der Waals surface area contributed by atoms with E-state index in [1.807, 2.05) is 12.1 Å². The van der Waals surface area contributed by atoms with Crippen LogP contribution in [-0.4, -0.2) is 17.2 Å². The predicted molar refractivity (Wildman–Crippen MR) is 127 cm³/mol. The molecule has 0 N–H and O–H groups in total. The Kier molecular flexibility index (Phi) is 12.5. The van der Waals surface area contributed by atoms with Crippen molar-refractivity contribution < 1.29 is 9.53 Å². The predicted octanol–water partition coefficient (Wildman–Crippen LogP) is 8.50. The average Bonchev–Trinajstić information content (AvgIpc) is 3.25. The highest BCUT2D eigenvalue weighted by Gasteiger charge is 2.21. The van der Waals surface area contributed by atoms with Gasteiger partial charge < -0.3 is 4.74 Å². The fourth-order valence-electron chi connectivity index (χ4n) is 4.19. The topological polar surface area (TPSA) is 26.3 Å². The number of carbonyl (C=O) groups excluding carboxylic acids is 1. The van der Waals surface area contributed by atoms with Crippen LogP contribution < -0.4 is 0 Å². The molecule has 1 aliphatic heterocycles. The monoisotopic (exact) mass is 418 g/mol. The van der Waals surface area contributed by atoms with Crippen molar-refractivity contribution in [2.24, 2.45) is 0 Å². The number of esters is 1. The molecular formula is C26H42O2S. The third-order valence-corrected chi connectivity index (χ3v) is 7.28. The van der Waals surface area contributed by atoms with Gasteiger partial charge in [-0.2, -0.15) is 0 Å². The lowest BCUT2D eigenvalue weighted by Gasteiger charge is -2.18. The van der Waals surface area contributed by atoms with Crippen LogP contribution in [0.4, 0.5) is 0 Å². The molecule has 0 spiro atoms. The van der Waals surface area contributed by atoms with Gasteiger partial charge in [-0.25, -0.2) is 4.79 Å². The highest BCUT2D eigenvalue weighted by atomic mass is 32.2. The number of ether oxygens (including phenoxy) is 1. The Bertz CT molecular complexity index is 534. The van der Waals surface area contributed by atoms with Gasteiger partial charge in [-0.05, 0) is 55.1 Å². The molecule has 1 heterocycles. The van der Waals surface area contributed by atoms with E-state index >= 15 is 0 Å². The van der Waals surface area contributed by atoms with Crippen LogP contribution in [-0.2, 0) is 4.74 Å². The standard InChI is InChI=1S/C26H42O2S/c1-3-5-7-9-11-14-22(15-12-10-8-6-4-2)23-17-19-24(20-18-23)26(27)28-25-16-13-21-29-25/h17-20,22,25H,3-16,21H2,1-2H3. The maximum absolute atomic E-state index is 12.4. The summed E-state index contributed by atoms with van der Waals surface area (Å²) in [5.74, 6) is 1.58. The minimum absolute atomic E-state index is 0.0566. The van der Waals surface area contributed by atoms with Crippen LogP contribution >= 0.6 is 11.8 Å². The van der Waals surface area contributed by atoms with Crippen molar-refractivity contribution >= 4 is 17.7 Å². The molecule has 0 amide bonds. The highest BCUT2D eigenvalue weighted by Crippen LogP contribution is 2.30. The van der Waals surface area contributed by atoms with Crippen LogP contribution in [0.2, 0.25) is 0 Å². The van der Waals surface area contributed by atoms with E-state index in [0.717, 1.165) is 18.6 Å². The minimum atomic E-state index is -0.161. The summed E-state index contributed by atoms with van der Waals surface area (Å²) >= 11 is 1.76. The third kappa shape index (κ3) is 9.59. The first-order valence-electron chi connectivity index (χ1n) is 12.2. The van der Waals surface area contributed by atoms with Gasteiger partial charge in [0.2, 0.25) is 0 Å². The van der Waals surface area contributed by atoms with Crippen molar-refractivity contribution in [1.29, 1.82) is 0 Å². The van der Waals surface area contributed by atoms with Gasteiger partial charge in [-0.15, -0.1) is 11.8 Å². The molecule has 1 aromatic rings. The summed E-state index contributed by atoms with van der Waals surface area (Å²) in [6.45, 7) is 4.55. The Hall–Kier alpha value is -0.960. The van der Waals surface area contributed by atoms with Crippen LogP contribution in [0.5, 0.6) is 0 Å². The summed E-state index contributed by atoms with van der Waals surface area (Å²) in [5, 5.41) is 0. The van der Waals surface area contributed by atoms with Crippen LogP contribution in [0.15, 0.2) is 24.3 Å². The second-order valence-corrected chi connectivity index (χ2v) is 9.84. The summed E-state index contributed by atoms with van der Waals surface area (Å²) in [4.78, 5) is 12.4. The lowest BCUT2D eigenvalue weighted by Crippen LogP contribution is -2.12. The molecule has 0 aromatic heterocycles. The molecule has 0 radical (unpaired) electrons. The fraction of sp³-hybridized carbons (Fsp3) is 0.731. The Morgan fingerprint density at radius 1 is 0.931 bits per heavy atom. The molecule has 29 heavy (non-hydrogen) atoms. The van der Waals surface area contributed by atoms with Crippen molar-refractivity contribution in [1.82, 2.24) is 0 Å². The molecule has 1 fully saturated rings. The first-order chi connectivity index (χ1) is 14.2. The Labute approximate surface area is 183 Å². The number of hydrogen-bond acceptors (Lipinski definition) is 3. The van der Waals surface area contributed by atoms with Gasteiger partial charge in [-0.1, -0.05) is 90.2 Å². The molecule has 1 aromatic carbocycles. The molecule has 2 rings (SSSR count). The highest BCUT2D eigenvalue weighted by molar-refractivity contribution is 8.00. The van der Waals surface area contributed by atoms with Crippen LogP contribution in [0.25, 0.3) is 0 Å². The van der Waals surface area contributed by atoms with E-state index < -0.39 is 0 Å². The van der Waals surface area contributed by atoms with Gasteiger partial charge in [0, 0.05) is 0 Å². The maximum Gasteiger partial charge on any atom is 0.339 e. The molecule has 1 unspecified atom stereocenters. The zero-order valence-corrected chi connectivity index (χ0v) is 19.6. The molecule has 1 saturated heterocycles. The van der Waals surface area contributed by atoms with Crippen molar-refractivity contribution in [3.05, 3.63) is 35.4 Å². The second kappa shape index (κ2) is 14.9. The van der Waals surface area contributed by atoms with Crippen molar-refractivity contribution in [3.8, 4) is 0 Å². The van der Waals surface area contributed by atoms with E-state index in [1.165, 1.54) is 82.6 Å². The minimum Gasteiger partial charge on any atom is -0.448 e. The van der Waals surface area contributed by atoms with Gasteiger partial charge in [-0.3, -0.25) is 0 Å². The summed E-state index contributed by atoms with van der Waals surface area (Å²) in [6.07, 6.45) is 18.1. The molecule has 2 nitrogen and oxygen atoms in total. The molecule has 0 bridgehead atoms. The number of rotatable bonds is 15. The summed E-state index contributed by atoms with van der Waals surface area (Å²) in [6, 6.07) is 8.33. The second-order valence-electron chi connectivity index (χ2n) is 8.57. The van der Waals surface area contributed by atoms with E-state index in [4.69, 9.17) is 4.74 Å². The molecule has 3 heteroatoms. The van der Waals surface area contributed by atoms with Gasteiger partial charge in [0.25, 0.3) is 0 Å². The van der Waals surface area contributed by atoms with Crippen LogP contribution in [0.3, 0.4) is 0 Å². The third-order valence-electron chi connectivity index (χ3n) is 6.06.